The van der Waals surface area contributed by atoms with Gasteiger partial charge in [0.05, 0.1) is 11.3 Å². The van der Waals surface area contributed by atoms with Gasteiger partial charge in [0.15, 0.2) is 0 Å². The van der Waals surface area contributed by atoms with Gasteiger partial charge < -0.3 is 15.3 Å². The summed E-state index contributed by atoms with van der Waals surface area (Å²) in [6.45, 7) is 0.660. The molecule has 0 aromatic heterocycles. The SMILES string of the molecule is O=C(O)CCCCNC(=O)C1=CN2CCS(=O)(=O)N=C2C=C1. The van der Waals surface area contributed by atoms with E-state index < -0.39 is 16.0 Å². The smallest absolute Gasteiger partial charge is 0.303 e. The summed E-state index contributed by atoms with van der Waals surface area (Å²) in [5, 5.41) is 11.2. The largest absolute Gasteiger partial charge is 0.481 e. The van der Waals surface area contributed by atoms with E-state index in [1.165, 1.54) is 12.2 Å². The van der Waals surface area contributed by atoms with E-state index in [0.29, 0.717) is 30.8 Å². The molecule has 2 rings (SSSR count). The lowest BCUT2D eigenvalue weighted by atomic mass is 10.1. The van der Waals surface area contributed by atoms with Crippen LogP contribution in [0, 0.1) is 0 Å². The molecule has 0 aromatic rings. The number of nitrogens with one attached hydrogen (secondary N) is 1. The maximum atomic E-state index is 12.0. The fourth-order valence-corrected chi connectivity index (χ4v) is 3.01. The Balaban J connectivity index is 1.87. The zero-order valence-corrected chi connectivity index (χ0v) is 12.7. The summed E-state index contributed by atoms with van der Waals surface area (Å²) in [6, 6.07) is 0. The van der Waals surface area contributed by atoms with E-state index in [-0.39, 0.29) is 24.6 Å². The molecule has 2 aliphatic rings. The number of fused-ring (bicyclic) bond motifs is 1. The van der Waals surface area contributed by atoms with Crippen LogP contribution < -0.4 is 5.32 Å². The Morgan fingerprint density at radius 3 is 2.82 bits per heavy atom. The zero-order valence-electron chi connectivity index (χ0n) is 11.9. The van der Waals surface area contributed by atoms with Gasteiger partial charge in [-0.2, -0.15) is 0 Å². The molecule has 0 radical (unpaired) electrons. The van der Waals surface area contributed by atoms with Crippen LogP contribution in [0.2, 0.25) is 0 Å². The number of amidine groups is 1. The van der Waals surface area contributed by atoms with E-state index in [2.05, 4.69) is 9.71 Å². The summed E-state index contributed by atoms with van der Waals surface area (Å²) in [5.74, 6) is -0.898. The molecule has 0 spiro atoms. The molecule has 1 amide bonds. The molecular weight excluding hydrogens is 310 g/mol. The molecular formula is C13H17N3O5S. The van der Waals surface area contributed by atoms with Gasteiger partial charge in [0, 0.05) is 25.7 Å². The molecule has 0 bridgehead atoms. The Bertz CT molecular complexity index is 663. The van der Waals surface area contributed by atoms with E-state index in [0.717, 1.165) is 0 Å². The average Bonchev–Trinajstić information content (AvgIpc) is 2.45. The first-order chi connectivity index (χ1) is 10.4. The number of carbonyl (C=O) groups excluding carboxylic acids is 1. The molecule has 0 unspecified atom stereocenters. The minimum atomic E-state index is -3.40. The van der Waals surface area contributed by atoms with Crippen LogP contribution >= 0.6 is 0 Å². The highest BCUT2D eigenvalue weighted by Gasteiger charge is 2.24. The lowest BCUT2D eigenvalue weighted by Gasteiger charge is -2.26. The number of amides is 1. The molecule has 9 heteroatoms. The molecule has 0 saturated heterocycles. The fraction of sp³-hybridized carbons (Fsp3) is 0.462. The maximum Gasteiger partial charge on any atom is 0.303 e. The fourth-order valence-electron chi connectivity index (χ4n) is 2.04. The summed E-state index contributed by atoms with van der Waals surface area (Å²) in [7, 11) is -3.40. The van der Waals surface area contributed by atoms with Crippen molar-refractivity contribution in [2.24, 2.45) is 4.40 Å². The molecule has 2 N–H and O–H groups in total. The highest BCUT2D eigenvalue weighted by molar-refractivity contribution is 7.90. The molecule has 2 aliphatic heterocycles. The van der Waals surface area contributed by atoms with E-state index in [9.17, 15) is 18.0 Å². The Morgan fingerprint density at radius 1 is 1.32 bits per heavy atom. The number of unbranched alkanes of at least 4 members (excludes halogenated alkanes) is 1. The summed E-state index contributed by atoms with van der Waals surface area (Å²) >= 11 is 0. The molecule has 2 heterocycles. The number of rotatable bonds is 6. The average molecular weight is 327 g/mol. The predicted molar refractivity (Wildman–Crippen MR) is 79.6 cm³/mol. The summed E-state index contributed by atoms with van der Waals surface area (Å²) in [4.78, 5) is 23.9. The molecule has 8 nitrogen and oxygen atoms in total. The van der Waals surface area contributed by atoms with Crippen molar-refractivity contribution in [1.82, 2.24) is 10.2 Å². The van der Waals surface area contributed by atoms with Crippen molar-refractivity contribution in [3.63, 3.8) is 0 Å². The molecule has 0 aliphatic carbocycles. The number of aliphatic carboxylic acids is 1. The third kappa shape index (κ3) is 4.42. The standard InChI is InChI=1S/C13H17N3O5S/c17-12(18)3-1-2-6-14-13(19)10-4-5-11-15-22(20,21)8-7-16(11)9-10/h4-5,9H,1-3,6-8H2,(H,14,19)(H,17,18). The Morgan fingerprint density at radius 2 is 2.09 bits per heavy atom. The first-order valence-corrected chi connectivity index (χ1v) is 8.47. The first kappa shape index (κ1) is 16.2. The van der Waals surface area contributed by atoms with Crippen LogP contribution in [0.25, 0.3) is 0 Å². The van der Waals surface area contributed by atoms with Gasteiger partial charge >= 0.3 is 5.97 Å². The van der Waals surface area contributed by atoms with Crippen LogP contribution in [0.5, 0.6) is 0 Å². The molecule has 0 fully saturated rings. The van der Waals surface area contributed by atoms with Gasteiger partial charge in [0.25, 0.3) is 15.9 Å². The minimum Gasteiger partial charge on any atom is -0.481 e. The normalized spacial score (nSPS) is 19.0. The maximum absolute atomic E-state index is 12.0. The van der Waals surface area contributed by atoms with Gasteiger partial charge in [-0.25, -0.2) is 8.42 Å². The van der Waals surface area contributed by atoms with Crippen molar-refractivity contribution in [2.45, 2.75) is 19.3 Å². The molecule has 0 saturated carbocycles. The van der Waals surface area contributed by atoms with Gasteiger partial charge in [-0.1, -0.05) is 0 Å². The van der Waals surface area contributed by atoms with E-state index in [1.807, 2.05) is 0 Å². The van der Waals surface area contributed by atoms with Crippen molar-refractivity contribution in [2.75, 3.05) is 18.8 Å². The molecule has 0 aromatic carbocycles. The third-order valence-electron chi connectivity index (χ3n) is 3.19. The number of hydrogen-bond acceptors (Lipinski definition) is 5. The van der Waals surface area contributed by atoms with Crippen molar-refractivity contribution in [3.05, 3.63) is 23.9 Å². The third-order valence-corrected chi connectivity index (χ3v) is 4.35. The van der Waals surface area contributed by atoms with Crippen LogP contribution in [-0.4, -0.2) is 55.0 Å². The van der Waals surface area contributed by atoms with Crippen LogP contribution in [0.3, 0.4) is 0 Å². The van der Waals surface area contributed by atoms with Gasteiger partial charge in [-0.05, 0) is 25.0 Å². The van der Waals surface area contributed by atoms with Crippen molar-refractivity contribution < 1.29 is 23.1 Å². The number of nitrogens with zero attached hydrogens (tertiary/aromatic N) is 2. The minimum absolute atomic E-state index is 0.0784. The number of hydrogen-bond donors (Lipinski definition) is 2. The van der Waals surface area contributed by atoms with Gasteiger partial charge in [-0.15, -0.1) is 4.40 Å². The number of sulfonamides is 1. The number of carboxylic acid groups (broad SMARTS) is 1. The topological polar surface area (TPSA) is 116 Å². The van der Waals surface area contributed by atoms with Gasteiger partial charge in [0.1, 0.15) is 5.84 Å². The monoisotopic (exact) mass is 327 g/mol. The Hall–Kier alpha value is -2.16. The predicted octanol–water partition coefficient (Wildman–Crippen LogP) is -0.145. The van der Waals surface area contributed by atoms with E-state index in [4.69, 9.17) is 5.11 Å². The lowest BCUT2D eigenvalue weighted by Crippen LogP contribution is -2.38. The Kier molecular flexibility index (Phi) is 4.96. The summed E-state index contributed by atoms with van der Waals surface area (Å²) in [6.07, 6.45) is 5.76. The number of carbonyl (C=O) groups is 2. The quantitative estimate of drug-likeness (QED) is 0.656. The Labute approximate surface area is 128 Å². The summed E-state index contributed by atoms with van der Waals surface area (Å²) in [5.41, 5.74) is 0.413. The van der Waals surface area contributed by atoms with Crippen molar-refractivity contribution in [1.29, 1.82) is 0 Å². The second-order valence-electron chi connectivity index (χ2n) is 4.95. The molecule has 0 atom stereocenters. The van der Waals surface area contributed by atoms with Crippen LogP contribution in [0.15, 0.2) is 28.3 Å². The van der Waals surface area contributed by atoms with Crippen LogP contribution in [-0.2, 0) is 19.6 Å². The van der Waals surface area contributed by atoms with Gasteiger partial charge in [0.2, 0.25) is 0 Å². The second kappa shape index (κ2) is 6.73. The molecule has 22 heavy (non-hydrogen) atoms. The summed E-state index contributed by atoms with van der Waals surface area (Å²) < 4.78 is 26.4. The first-order valence-electron chi connectivity index (χ1n) is 6.86. The highest BCUT2D eigenvalue weighted by atomic mass is 32.2. The van der Waals surface area contributed by atoms with E-state index in [1.54, 1.807) is 11.1 Å². The zero-order chi connectivity index (χ0) is 16.2. The van der Waals surface area contributed by atoms with Crippen LogP contribution in [0.4, 0.5) is 0 Å². The molecule has 120 valence electrons. The second-order valence-corrected chi connectivity index (χ2v) is 6.71. The number of carboxylic acids is 1. The van der Waals surface area contributed by atoms with Crippen molar-refractivity contribution in [3.8, 4) is 0 Å². The highest BCUT2D eigenvalue weighted by Crippen LogP contribution is 2.15. The van der Waals surface area contributed by atoms with Crippen LogP contribution in [0.1, 0.15) is 19.3 Å². The van der Waals surface area contributed by atoms with Crippen molar-refractivity contribution >= 4 is 27.7 Å². The lowest BCUT2D eigenvalue weighted by molar-refractivity contribution is -0.137. The van der Waals surface area contributed by atoms with Gasteiger partial charge in [-0.3, -0.25) is 9.59 Å². The van der Waals surface area contributed by atoms with E-state index >= 15 is 0 Å².